The van der Waals surface area contributed by atoms with Crippen LogP contribution in [0.2, 0.25) is 0 Å². The highest BCUT2D eigenvalue weighted by Crippen LogP contribution is 2.18. The zero-order chi connectivity index (χ0) is 14.5. The third kappa shape index (κ3) is 3.68. The first-order valence-electron chi connectivity index (χ1n) is 5.99. The molecule has 5 heteroatoms. The Morgan fingerprint density at radius 1 is 1.10 bits per heavy atom. The van der Waals surface area contributed by atoms with Gasteiger partial charge < -0.3 is 11.1 Å². The molecule has 2 aromatic carbocycles. The molecule has 2 aromatic rings. The van der Waals surface area contributed by atoms with Gasteiger partial charge in [0, 0.05) is 15.7 Å². The number of primary amides is 1. The van der Waals surface area contributed by atoms with E-state index in [1.54, 1.807) is 42.5 Å². The zero-order valence-electron chi connectivity index (χ0n) is 10.6. The van der Waals surface area contributed by atoms with Crippen molar-refractivity contribution in [2.45, 2.75) is 6.42 Å². The van der Waals surface area contributed by atoms with Crippen LogP contribution in [0.5, 0.6) is 0 Å². The highest BCUT2D eigenvalue weighted by molar-refractivity contribution is 9.10. The van der Waals surface area contributed by atoms with Crippen molar-refractivity contribution in [3.63, 3.8) is 0 Å². The Hall–Kier alpha value is -2.14. The Bertz CT molecular complexity index is 656. The summed E-state index contributed by atoms with van der Waals surface area (Å²) in [4.78, 5) is 23.2. The first-order chi connectivity index (χ1) is 9.56. The summed E-state index contributed by atoms with van der Waals surface area (Å²) >= 11 is 3.32. The van der Waals surface area contributed by atoms with Gasteiger partial charge in [0.1, 0.15) is 0 Å². The van der Waals surface area contributed by atoms with E-state index < -0.39 is 5.91 Å². The molecule has 0 saturated carbocycles. The molecule has 20 heavy (non-hydrogen) atoms. The fourth-order valence-corrected chi connectivity index (χ4v) is 2.21. The Morgan fingerprint density at radius 2 is 1.85 bits per heavy atom. The van der Waals surface area contributed by atoms with Crippen LogP contribution >= 0.6 is 15.9 Å². The van der Waals surface area contributed by atoms with Gasteiger partial charge in [-0.25, -0.2) is 0 Å². The molecule has 0 heterocycles. The number of benzene rings is 2. The van der Waals surface area contributed by atoms with Crippen molar-refractivity contribution in [3.8, 4) is 0 Å². The number of halogens is 1. The van der Waals surface area contributed by atoms with E-state index in [2.05, 4.69) is 21.2 Å². The van der Waals surface area contributed by atoms with E-state index in [4.69, 9.17) is 5.73 Å². The van der Waals surface area contributed by atoms with Gasteiger partial charge >= 0.3 is 0 Å². The standard InChI is InChI=1S/C15H13BrN2O2/c16-12-6-3-5-11(8-12)15(20)18-13-7-2-1-4-10(13)9-14(17)19/h1-8H,9H2,(H2,17,19)(H,18,20). The first-order valence-corrected chi connectivity index (χ1v) is 6.78. The van der Waals surface area contributed by atoms with Crippen LogP contribution < -0.4 is 11.1 Å². The molecule has 0 saturated heterocycles. The summed E-state index contributed by atoms with van der Waals surface area (Å²) < 4.78 is 0.829. The largest absolute Gasteiger partial charge is 0.369 e. The van der Waals surface area contributed by atoms with Crippen LogP contribution in [0, 0.1) is 0 Å². The predicted octanol–water partition coefficient (Wildman–Crippen LogP) is 2.73. The van der Waals surface area contributed by atoms with Gasteiger partial charge in [-0.2, -0.15) is 0 Å². The lowest BCUT2D eigenvalue weighted by molar-refractivity contribution is -0.117. The molecule has 102 valence electrons. The summed E-state index contributed by atoms with van der Waals surface area (Å²) in [6.07, 6.45) is 0.0922. The average molecular weight is 333 g/mol. The normalized spacial score (nSPS) is 10.1. The Labute approximate surface area is 125 Å². The maximum absolute atomic E-state index is 12.2. The first kappa shape index (κ1) is 14.3. The van der Waals surface area contributed by atoms with Crippen molar-refractivity contribution in [1.29, 1.82) is 0 Å². The summed E-state index contributed by atoms with van der Waals surface area (Å²) in [7, 11) is 0. The number of carbonyl (C=O) groups excluding carboxylic acids is 2. The van der Waals surface area contributed by atoms with Gasteiger partial charge in [0.2, 0.25) is 5.91 Å². The molecule has 0 unspecified atom stereocenters. The molecular formula is C15H13BrN2O2. The number of carbonyl (C=O) groups is 2. The lowest BCUT2D eigenvalue weighted by Crippen LogP contribution is -2.17. The zero-order valence-corrected chi connectivity index (χ0v) is 12.2. The molecule has 2 amide bonds. The van der Waals surface area contributed by atoms with Crippen LogP contribution in [-0.4, -0.2) is 11.8 Å². The van der Waals surface area contributed by atoms with E-state index in [0.29, 0.717) is 16.8 Å². The molecule has 0 fully saturated rings. The third-order valence-corrected chi connectivity index (χ3v) is 3.21. The van der Waals surface area contributed by atoms with Crippen LogP contribution in [-0.2, 0) is 11.2 Å². The molecule has 0 bridgehead atoms. The number of hydrogen-bond donors (Lipinski definition) is 2. The Kier molecular flexibility index (Phi) is 4.53. The monoisotopic (exact) mass is 332 g/mol. The summed E-state index contributed by atoms with van der Waals surface area (Å²) in [5.41, 5.74) is 7.02. The fraction of sp³-hybridized carbons (Fsp3) is 0.0667. The van der Waals surface area contributed by atoms with Gasteiger partial charge in [-0.3, -0.25) is 9.59 Å². The van der Waals surface area contributed by atoms with Crippen LogP contribution in [0.4, 0.5) is 5.69 Å². The number of amides is 2. The summed E-state index contributed by atoms with van der Waals surface area (Å²) in [5.74, 6) is -0.669. The topological polar surface area (TPSA) is 72.2 Å². The molecule has 0 spiro atoms. The second kappa shape index (κ2) is 6.34. The fourth-order valence-electron chi connectivity index (χ4n) is 1.81. The molecular weight excluding hydrogens is 320 g/mol. The molecule has 0 atom stereocenters. The van der Waals surface area contributed by atoms with E-state index in [1.807, 2.05) is 6.07 Å². The van der Waals surface area contributed by atoms with Gasteiger partial charge in [-0.15, -0.1) is 0 Å². The molecule has 0 radical (unpaired) electrons. The van der Waals surface area contributed by atoms with Gasteiger partial charge in [0.25, 0.3) is 5.91 Å². The summed E-state index contributed by atoms with van der Waals surface area (Å²) in [6, 6.07) is 14.2. The number of rotatable bonds is 4. The number of anilines is 1. The lowest BCUT2D eigenvalue weighted by Gasteiger charge is -2.10. The molecule has 3 N–H and O–H groups in total. The summed E-state index contributed by atoms with van der Waals surface area (Å²) in [5, 5.41) is 2.79. The molecule has 0 aromatic heterocycles. The number of para-hydroxylation sites is 1. The minimum Gasteiger partial charge on any atom is -0.369 e. The molecule has 0 aliphatic heterocycles. The van der Waals surface area contributed by atoms with Crippen molar-refractivity contribution in [3.05, 3.63) is 64.1 Å². The predicted molar refractivity (Wildman–Crippen MR) is 81.4 cm³/mol. The van der Waals surface area contributed by atoms with E-state index >= 15 is 0 Å². The van der Waals surface area contributed by atoms with Crippen LogP contribution in [0.1, 0.15) is 15.9 Å². The minimum atomic E-state index is -0.436. The van der Waals surface area contributed by atoms with Gasteiger partial charge in [0.15, 0.2) is 0 Å². The van der Waals surface area contributed by atoms with Crippen molar-refractivity contribution >= 4 is 33.4 Å². The van der Waals surface area contributed by atoms with E-state index in [-0.39, 0.29) is 12.3 Å². The maximum atomic E-state index is 12.2. The molecule has 2 rings (SSSR count). The van der Waals surface area contributed by atoms with Crippen LogP contribution in [0.3, 0.4) is 0 Å². The van der Waals surface area contributed by atoms with Gasteiger partial charge in [-0.1, -0.05) is 40.2 Å². The molecule has 4 nitrogen and oxygen atoms in total. The van der Waals surface area contributed by atoms with E-state index in [0.717, 1.165) is 4.47 Å². The van der Waals surface area contributed by atoms with Crippen molar-refractivity contribution in [1.82, 2.24) is 0 Å². The van der Waals surface area contributed by atoms with Crippen molar-refractivity contribution < 1.29 is 9.59 Å². The smallest absolute Gasteiger partial charge is 0.255 e. The SMILES string of the molecule is NC(=O)Cc1ccccc1NC(=O)c1cccc(Br)c1. The van der Waals surface area contributed by atoms with Gasteiger partial charge in [0.05, 0.1) is 6.42 Å². The highest BCUT2D eigenvalue weighted by Gasteiger charge is 2.10. The van der Waals surface area contributed by atoms with Crippen molar-refractivity contribution in [2.75, 3.05) is 5.32 Å². The van der Waals surface area contributed by atoms with E-state index in [9.17, 15) is 9.59 Å². The Balaban J connectivity index is 2.21. The number of nitrogens with one attached hydrogen (secondary N) is 1. The summed E-state index contributed by atoms with van der Waals surface area (Å²) in [6.45, 7) is 0. The minimum absolute atomic E-state index is 0.0922. The van der Waals surface area contributed by atoms with Crippen molar-refractivity contribution in [2.24, 2.45) is 5.73 Å². The maximum Gasteiger partial charge on any atom is 0.255 e. The third-order valence-electron chi connectivity index (χ3n) is 2.72. The number of nitrogens with two attached hydrogens (primary N) is 1. The average Bonchev–Trinajstić information content (AvgIpc) is 2.40. The second-order valence-corrected chi connectivity index (χ2v) is 5.18. The molecule has 0 aliphatic rings. The lowest BCUT2D eigenvalue weighted by atomic mass is 10.1. The second-order valence-electron chi connectivity index (χ2n) is 4.26. The van der Waals surface area contributed by atoms with Crippen LogP contribution in [0.15, 0.2) is 53.0 Å². The van der Waals surface area contributed by atoms with Crippen LogP contribution in [0.25, 0.3) is 0 Å². The number of hydrogen-bond acceptors (Lipinski definition) is 2. The van der Waals surface area contributed by atoms with E-state index in [1.165, 1.54) is 0 Å². The Morgan fingerprint density at radius 3 is 2.55 bits per heavy atom. The highest BCUT2D eigenvalue weighted by atomic mass is 79.9. The van der Waals surface area contributed by atoms with Gasteiger partial charge in [-0.05, 0) is 29.8 Å². The quantitative estimate of drug-likeness (QED) is 0.903. The molecule has 0 aliphatic carbocycles.